The van der Waals surface area contributed by atoms with Gasteiger partial charge >= 0.3 is 5.97 Å². The third kappa shape index (κ3) is 2.35. The first-order valence-corrected chi connectivity index (χ1v) is 8.22. The third-order valence-electron chi connectivity index (χ3n) is 4.85. The van der Waals surface area contributed by atoms with Gasteiger partial charge in [-0.15, -0.1) is 0 Å². The maximum Gasteiger partial charge on any atom is 0.345 e. The Morgan fingerprint density at radius 2 is 1.64 bits per heavy atom. The van der Waals surface area contributed by atoms with Crippen LogP contribution in [0.15, 0.2) is 36.4 Å². The first-order chi connectivity index (χ1) is 10.8. The van der Waals surface area contributed by atoms with E-state index in [1.165, 1.54) is 25.7 Å². The maximum atomic E-state index is 12.5. The lowest BCUT2D eigenvalue weighted by molar-refractivity contribution is -0.0942. The molecule has 0 saturated heterocycles. The number of hydrogen-bond donors (Lipinski definition) is 0. The van der Waals surface area contributed by atoms with Gasteiger partial charge in [-0.25, -0.2) is 4.79 Å². The average molecular weight is 296 g/mol. The van der Waals surface area contributed by atoms with E-state index >= 15 is 0 Å². The highest BCUT2D eigenvalue weighted by Gasteiger charge is 2.34. The third-order valence-corrected chi connectivity index (χ3v) is 4.85. The van der Waals surface area contributed by atoms with Crippen molar-refractivity contribution in [3.05, 3.63) is 42.0 Å². The number of rotatable bonds is 1. The molecule has 22 heavy (non-hydrogen) atoms. The Labute approximate surface area is 130 Å². The summed E-state index contributed by atoms with van der Waals surface area (Å²) in [5.41, 5.74) is 0.572. The largest absolute Gasteiger partial charge is 0.454 e. The number of carbonyl (C=O) groups excluding carboxylic acids is 1. The number of esters is 1. The molecule has 3 heteroatoms. The molecule has 0 bridgehead atoms. The van der Waals surface area contributed by atoms with Crippen molar-refractivity contribution in [2.75, 3.05) is 0 Å². The van der Waals surface area contributed by atoms with Crippen LogP contribution in [-0.4, -0.2) is 12.3 Å². The molecule has 2 aliphatic rings. The van der Waals surface area contributed by atoms with Gasteiger partial charge in [0.1, 0.15) is 11.3 Å². The average Bonchev–Trinajstić information content (AvgIpc) is 2.83. The first-order valence-electron chi connectivity index (χ1n) is 8.22. The molecule has 4 rings (SSSR count). The minimum absolute atomic E-state index is 0.243. The Morgan fingerprint density at radius 3 is 2.45 bits per heavy atom. The number of ether oxygens (including phenoxy) is 2. The molecule has 0 spiro atoms. The zero-order valence-corrected chi connectivity index (χ0v) is 12.6. The number of benzene rings is 2. The zero-order valence-electron chi connectivity index (χ0n) is 12.6. The van der Waals surface area contributed by atoms with Crippen LogP contribution in [0.4, 0.5) is 0 Å². The van der Waals surface area contributed by atoms with E-state index in [-0.39, 0.29) is 5.97 Å². The molecular weight excluding hydrogens is 276 g/mol. The summed E-state index contributed by atoms with van der Waals surface area (Å²) in [5, 5.41) is 1.94. The van der Waals surface area contributed by atoms with Gasteiger partial charge in [-0.1, -0.05) is 56.0 Å². The van der Waals surface area contributed by atoms with Crippen LogP contribution in [0.1, 0.15) is 48.9 Å². The second kappa shape index (κ2) is 5.64. The van der Waals surface area contributed by atoms with Gasteiger partial charge in [0, 0.05) is 5.92 Å². The van der Waals surface area contributed by atoms with Crippen molar-refractivity contribution in [1.82, 2.24) is 0 Å². The van der Waals surface area contributed by atoms with Crippen molar-refractivity contribution in [2.24, 2.45) is 5.92 Å². The van der Waals surface area contributed by atoms with E-state index in [1.54, 1.807) is 0 Å². The summed E-state index contributed by atoms with van der Waals surface area (Å²) in [4.78, 5) is 12.5. The van der Waals surface area contributed by atoms with Crippen molar-refractivity contribution >= 4 is 16.7 Å². The smallest absolute Gasteiger partial charge is 0.345 e. The van der Waals surface area contributed by atoms with Crippen LogP contribution >= 0.6 is 0 Å². The highest BCUT2D eigenvalue weighted by molar-refractivity contribution is 6.07. The number of carbonyl (C=O) groups is 1. The van der Waals surface area contributed by atoms with Crippen LogP contribution in [0.25, 0.3) is 10.8 Å². The fourth-order valence-corrected chi connectivity index (χ4v) is 3.65. The van der Waals surface area contributed by atoms with Crippen molar-refractivity contribution in [1.29, 1.82) is 0 Å². The van der Waals surface area contributed by atoms with Gasteiger partial charge in [0.2, 0.25) is 6.29 Å². The zero-order chi connectivity index (χ0) is 14.9. The second-order valence-corrected chi connectivity index (χ2v) is 6.30. The van der Waals surface area contributed by atoms with Crippen LogP contribution in [0.2, 0.25) is 0 Å². The number of cyclic esters (lactones) is 1. The molecule has 1 atom stereocenters. The molecule has 0 N–H and O–H groups in total. The molecule has 0 radical (unpaired) electrons. The predicted molar refractivity (Wildman–Crippen MR) is 85.0 cm³/mol. The topological polar surface area (TPSA) is 35.5 Å². The Bertz CT molecular complexity index is 699. The van der Waals surface area contributed by atoms with Gasteiger partial charge in [0.25, 0.3) is 0 Å². The molecule has 2 aromatic rings. The molecule has 1 saturated carbocycles. The fraction of sp³-hybridized carbons (Fsp3) is 0.421. The molecule has 0 amide bonds. The first kappa shape index (κ1) is 13.6. The van der Waals surface area contributed by atoms with Gasteiger partial charge in [-0.3, -0.25) is 0 Å². The predicted octanol–water partition coefficient (Wildman–Crippen LogP) is 4.69. The maximum absolute atomic E-state index is 12.5. The van der Waals surface area contributed by atoms with E-state index in [1.807, 2.05) is 36.4 Å². The molecule has 0 aromatic heterocycles. The number of hydrogen-bond acceptors (Lipinski definition) is 3. The normalized spacial score (nSPS) is 22.5. The Kier molecular flexibility index (Phi) is 3.49. The summed E-state index contributed by atoms with van der Waals surface area (Å²) in [6.45, 7) is 0. The second-order valence-electron chi connectivity index (χ2n) is 6.30. The highest BCUT2D eigenvalue weighted by atomic mass is 16.7. The van der Waals surface area contributed by atoms with Gasteiger partial charge in [0.05, 0.1) is 0 Å². The van der Waals surface area contributed by atoms with Gasteiger partial charge in [-0.2, -0.15) is 0 Å². The Hall–Kier alpha value is -2.03. The van der Waals surface area contributed by atoms with E-state index in [9.17, 15) is 4.79 Å². The minimum Gasteiger partial charge on any atom is -0.454 e. The summed E-state index contributed by atoms with van der Waals surface area (Å²) in [5.74, 6) is 0.752. The molecule has 2 aromatic carbocycles. The van der Waals surface area contributed by atoms with Crippen molar-refractivity contribution in [3.63, 3.8) is 0 Å². The van der Waals surface area contributed by atoms with Gasteiger partial charge < -0.3 is 9.47 Å². The Balaban J connectivity index is 1.68. The van der Waals surface area contributed by atoms with Crippen LogP contribution in [0, 0.1) is 5.92 Å². The molecular formula is C19H20O3. The SMILES string of the molecule is O=C1OC(C2CCCCCC2)Oc2ccc3ccccc3c21. The summed E-state index contributed by atoms with van der Waals surface area (Å²) < 4.78 is 11.7. The van der Waals surface area contributed by atoms with E-state index in [0.29, 0.717) is 17.2 Å². The minimum atomic E-state index is -0.417. The fourth-order valence-electron chi connectivity index (χ4n) is 3.65. The summed E-state index contributed by atoms with van der Waals surface area (Å²) in [6, 6.07) is 11.8. The lowest BCUT2D eigenvalue weighted by Gasteiger charge is -2.31. The molecule has 1 unspecified atom stereocenters. The van der Waals surface area contributed by atoms with Gasteiger partial charge in [-0.05, 0) is 29.7 Å². The van der Waals surface area contributed by atoms with Crippen LogP contribution < -0.4 is 4.74 Å². The molecule has 1 heterocycles. The van der Waals surface area contributed by atoms with E-state index in [4.69, 9.17) is 9.47 Å². The van der Waals surface area contributed by atoms with Crippen LogP contribution in [-0.2, 0) is 4.74 Å². The standard InChI is InChI=1S/C19H20O3/c20-18-17-15-10-6-5-7-13(15)11-12-16(17)21-19(22-18)14-8-3-1-2-4-9-14/h5-7,10-12,14,19H,1-4,8-9H2. The molecule has 1 aliphatic heterocycles. The Morgan fingerprint density at radius 1 is 0.864 bits per heavy atom. The molecule has 3 nitrogen and oxygen atoms in total. The highest BCUT2D eigenvalue weighted by Crippen LogP contribution is 2.37. The van der Waals surface area contributed by atoms with E-state index in [0.717, 1.165) is 23.6 Å². The molecule has 114 valence electrons. The summed E-state index contributed by atoms with van der Waals surface area (Å²) >= 11 is 0. The van der Waals surface area contributed by atoms with Gasteiger partial charge in [0.15, 0.2) is 0 Å². The molecule has 1 aliphatic carbocycles. The summed E-state index contributed by atoms with van der Waals surface area (Å²) in [7, 11) is 0. The van der Waals surface area contributed by atoms with Crippen molar-refractivity contribution in [3.8, 4) is 5.75 Å². The lowest BCUT2D eigenvalue weighted by Crippen LogP contribution is -2.36. The molecule has 1 fully saturated rings. The van der Waals surface area contributed by atoms with Crippen molar-refractivity contribution < 1.29 is 14.3 Å². The lowest BCUT2D eigenvalue weighted by atomic mass is 9.98. The summed E-state index contributed by atoms with van der Waals surface area (Å²) in [6.07, 6.45) is 6.71. The monoisotopic (exact) mass is 296 g/mol. The van der Waals surface area contributed by atoms with E-state index < -0.39 is 6.29 Å². The van der Waals surface area contributed by atoms with Crippen LogP contribution in [0.5, 0.6) is 5.75 Å². The van der Waals surface area contributed by atoms with E-state index in [2.05, 4.69) is 0 Å². The van der Waals surface area contributed by atoms with Crippen LogP contribution in [0.3, 0.4) is 0 Å². The quantitative estimate of drug-likeness (QED) is 0.566. The number of fused-ring (bicyclic) bond motifs is 3. The van der Waals surface area contributed by atoms with Crippen molar-refractivity contribution in [2.45, 2.75) is 44.8 Å².